The lowest BCUT2D eigenvalue weighted by atomic mass is 10.0. The third-order valence-electron chi connectivity index (χ3n) is 2.94. The molecule has 0 bridgehead atoms. The Kier molecular flexibility index (Phi) is 4.36. The zero-order valence-electron chi connectivity index (χ0n) is 11.7. The van der Waals surface area contributed by atoms with Crippen molar-refractivity contribution in [3.05, 3.63) is 42.2 Å². The molecule has 0 saturated carbocycles. The first-order valence-corrected chi connectivity index (χ1v) is 6.19. The van der Waals surface area contributed by atoms with Gasteiger partial charge in [0.25, 0.3) is 5.91 Å². The predicted molar refractivity (Wildman–Crippen MR) is 80.8 cm³/mol. The normalized spacial score (nSPS) is 11.3. The van der Waals surface area contributed by atoms with Crippen LogP contribution in [0.25, 0.3) is 11.1 Å². The topological polar surface area (TPSA) is 80.7 Å². The van der Waals surface area contributed by atoms with Gasteiger partial charge < -0.3 is 5.73 Å². The fourth-order valence-electron chi connectivity index (χ4n) is 1.77. The molecule has 1 amide bonds. The SMILES string of the molecule is C=Nc1cncc(-c2ccc(F)c(F)c2)c1/N=C(\C)C(N)=O. The van der Waals surface area contributed by atoms with Crippen molar-refractivity contribution < 1.29 is 13.6 Å². The molecule has 1 heterocycles. The Hall–Kier alpha value is -2.96. The molecule has 5 nitrogen and oxygen atoms in total. The van der Waals surface area contributed by atoms with Gasteiger partial charge in [-0.25, -0.2) is 13.8 Å². The third-order valence-corrected chi connectivity index (χ3v) is 2.94. The second-order valence-corrected chi connectivity index (χ2v) is 4.40. The van der Waals surface area contributed by atoms with Gasteiger partial charge >= 0.3 is 0 Å². The first-order chi connectivity index (χ1) is 10.4. The molecule has 7 heteroatoms. The number of hydrogen-bond donors (Lipinski definition) is 1. The molecule has 2 rings (SSSR count). The molecule has 0 spiro atoms. The van der Waals surface area contributed by atoms with E-state index in [9.17, 15) is 13.6 Å². The molecule has 0 aliphatic heterocycles. The highest BCUT2D eigenvalue weighted by atomic mass is 19.2. The maximum absolute atomic E-state index is 13.4. The summed E-state index contributed by atoms with van der Waals surface area (Å²) in [5, 5.41) is 0. The van der Waals surface area contributed by atoms with Crippen molar-refractivity contribution in [3.63, 3.8) is 0 Å². The molecule has 0 fully saturated rings. The van der Waals surface area contributed by atoms with Crippen LogP contribution in [0.2, 0.25) is 0 Å². The molecule has 22 heavy (non-hydrogen) atoms. The van der Waals surface area contributed by atoms with Crippen molar-refractivity contribution in [2.75, 3.05) is 0 Å². The molecule has 0 saturated heterocycles. The van der Waals surface area contributed by atoms with E-state index in [1.807, 2.05) is 0 Å². The maximum atomic E-state index is 13.4. The minimum atomic E-state index is -1.00. The van der Waals surface area contributed by atoms with Crippen molar-refractivity contribution in [1.82, 2.24) is 4.98 Å². The number of primary amides is 1. The van der Waals surface area contributed by atoms with Crippen molar-refractivity contribution in [3.8, 4) is 11.1 Å². The summed E-state index contributed by atoms with van der Waals surface area (Å²) >= 11 is 0. The molecule has 2 aromatic rings. The van der Waals surface area contributed by atoms with Gasteiger partial charge in [0.2, 0.25) is 0 Å². The average Bonchev–Trinajstić information content (AvgIpc) is 2.50. The van der Waals surface area contributed by atoms with Crippen molar-refractivity contribution in [1.29, 1.82) is 0 Å². The van der Waals surface area contributed by atoms with E-state index in [0.717, 1.165) is 12.1 Å². The summed E-state index contributed by atoms with van der Waals surface area (Å²) < 4.78 is 26.5. The lowest BCUT2D eigenvalue weighted by Gasteiger charge is -2.09. The van der Waals surface area contributed by atoms with E-state index in [-0.39, 0.29) is 11.4 Å². The van der Waals surface area contributed by atoms with E-state index in [4.69, 9.17) is 5.73 Å². The number of carbonyl (C=O) groups excluding carboxylic acids is 1. The van der Waals surface area contributed by atoms with Gasteiger partial charge in [-0.1, -0.05) is 6.07 Å². The predicted octanol–water partition coefficient (Wildman–Crippen LogP) is 2.94. The number of benzene rings is 1. The molecule has 0 radical (unpaired) electrons. The Labute approximate surface area is 125 Å². The molecule has 1 aromatic heterocycles. The van der Waals surface area contributed by atoms with Crippen molar-refractivity contribution in [2.24, 2.45) is 15.7 Å². The van der Waals surface area contributed by atoms with Gasteiger partial charge in [0.05, 0.1) is 6.20 Å². The number of halogens is 2. The largest absolute Gasteiger partial charge is 0.365 e. The van der Waals surface area contributed by atoms with E-state index in [1.165, 1.54) is 25.4 Å². The fourth-order valence-corrected chi connectivity index (χ4v) is 1.77. The highest BCUT2D eigenvalue weighted by Crippen LogP contribution is 2.37. The zero-order valence-corrected chi connectivity index (χ0v) is 11.7. The van der Waals surface area contributed by atoms with E-state index in [1.54, 1.807) is 0 Å². The molecular weight excluding hydrogens is 290 g/mol. The van der Waals surface area contributed by atoms with E-state index in [0.29, 0.717) is 16.8 Å². The number of amides is 1. The smallest absolute Gasteiger partial charge is 0.262 e. The summed E-state index contributed by atoms with van der Waals surface area (Å²) in [5.41, 5.74) is 6.48. The summed E-state index contributed by atoms with van der Waals surface area (Å²) in [7, 11) is 0. The van der Waals surface area contributed by atoms with E-state index < -0.39 is 17.5 Å². The lowest BCUT2D eigenvalue weighted by Crippen LogP contribution is -2.19. The van der Waals surface area contributed by atoms with Gasteiger partial charge in [-0.2, -0.15) is 0 Å². The van der Waals surface area contributed by atoms with Crippen LogP contribution >= 0.6 is 0 Å². The number of aliphatic imine (C=N–C) groups is 2. The Morgan fingerprint density at radius 2 is 2.00 bits per heavy atom. The van der Waals surface area contributed by atoms with Crippen LogP contribution in [-0.2, 0) is 4.79 Å². The number of hydrogen-bond acceptors (Lipinski definition) is 4. The number of nitrogens with zero attached hydrogens (tertiary/aromatic N) is 3. The minimum absolute atomic E-state index is 0.0416. The van der Waals surface area contributed by atoms with Gasteiger partial charge in [-0.15, -0.1) is 0 Å². The molecule has 0 aliphatic rings. The van der Waals surface area contributed by atoms with Crippen molar-refractivity contribution >= 4 is 29.7 Å². The highest BCUT2D eigenvalue weighted by molar-refractivity contribution is 6.38. The molecule has 0 atom stereocenters. The summed E-state index contributed by atoms with van der Waals surface area (Å²) in [6, 6.07) is 3.38. The molecule has 0 aliphatic carbocycles. The summed E-state index contributed by atoms with van der Waals surface area (Å²) in [5.74, 6) is -2.67. The molecular formula is C15H12F2N4O. The van der Waals surface area contributed by atoms with Crippen LogP contribution in [0.5, 0.6) is 0 Å². The van der Waals surface area contributed by atoms with Crippen LogP contribution in [0.15, 0.2) is 40.6 Å². The highest BCUT2D eigenvalue weighted by Gasteiger charge is 2.13. The van der Waals surface area contributed by atoms with Gasteiger partial charge in [-0.3, -0.25) is 14.8 Å². The average molecular weight is 302 g/mol. The second kappa shape index (κ2) is 6.21. The van der Waals surface area contributed by atoms with Crippen LogP contribution in [-0.4, -0.2) is 23.3 Å². The Morgan fingerprint density at radius 1 is 1.27 bits per heavy atom. The van der Waals surface area contributed by atoms with Crippen LogP contribution in [0.4, 0.5) is 20.2 Å². The number of pyridine rings is 1. The van der Waals surface area contributed by atoms with Crippen molar-refractivity contribution in [2.45, 2.75) is 6.92 Å². The zero-order chi connectivity index (χ0) is 16.3. The fraction of sp³-hybridized carbons (Fsp3) is 0.0667. The Balaban J connectivity index is 2.70. The van der Waals surface area contributed by atoms with Crippen LogP contribution in [0.3, 0.4) is 0 Å². The summed E-state index contributed by atoms with van der Waals surface area (Å²) in [4.78, 5) is 23.0. The van der Waals surface area contributed by atoms with Gasteiger partial charge in [-0.05, 0) is 31.3 Å². The minimum Gasteiger partial charge on any atom is -0.365 e. The molecule has 1 aromatic carbocycles. The molecule has 0 unspecified atom stereocenters. The number of rotatable bonds is 4. The van der Waals surface area contributed by atoms with E-state index >= 15 is 0 Å². The standard InChI is InChI=1S/C15H12F2N4O/c1-8(15(18)22)21-14-10(6-20-7-13(14)19-2)9-3-4-11(16)12(17)5-9/h3-7H,2H2,1H3,(H2,18,22)/b21-8+. The third kappa shape index (κ3) is 3.03. The second-order valence-electron chi connectivity index (χ2n) is 4.40. The maximum Gasteiger partial charge on any atom is 0.262 e. The van der Waals surface area contributed by atoms with Crippen LogP contribution in [0.1, 0.15) is 6.92 Å². The number of carbonyl (C=O) groups is 1. The summed E-state index contributed by atoms with van der Waals surface area (Å²) in [6.45, 7) is 4.84. The van der Waals surface area contributed by atoms with Gasteiger partial charge in [0.15, 0.2) is 11.6 Å². The van der Waals surface area contributed by atoms with E-state index in [2.05, 4.69) is 21.7 Å². The lowest BCUT2D eigenvalue weighted by molar-refractivity contribution is -0.112. The Morgan fingerprint density at radius 3 is 2.59 bits per heavy atom. The Bertz CT molecular complexity index is 787. The molecule has 2 N–H and O–H groups in total. The summed E-state index contributed by atoms with van der Waals surface area (Å²) in [6.07, 6.45) is 2.80. The van der Waals surface area contributed by atoms with Gasteiger partial charge in [0, 0.05) is 11.8 Å². The molecule has 112 valence electrons. The van der Waals surface area contributed by atoms with Gasteiger partial charge in [0.1, 0.15) is 17.1 Å². The first-order valence-electron chi connectivity index (χ1n) is 6.19. The number of aromatic nitrogens is 1. The quantitative estimate of drug-likeness (QED) is 0.881. The first kappa shape index (κ1) is 15.4. The number of nitrogens with two attached hydrogens (primary N) is 1. The monoisotopic (exact) mass is 302 g/mol. The van der Waals surface area contributed by atoms with Crippen LogP contribution in [0, 0.1) is 11.6 Å². The van der Waals surface area contributed by atoms with Crippen LogP contribution < -0.4 is 5.73 Å².